The summed E-state index contributed by atoms with van der Waals surface area (Å²) in [5.41, 5.74) is 5.74. The second-order valence-corrected chi connectivity index (χ2v) is 7.57. The SMILES string of the molecule is CCC(C)C(NC(=O)C(CO)NC(=O)C(N)CCSC)C(=O)NC(CO)C(=O)O. The van der Waals surface area contributed by atoms with Crippen LogP contribution in [0.3, 0.4) is 0 Å². The van der Waals surface area contributed by atoms with Crippen molar-refractivity contribution in [2.24, 2.45) is 11.7 Å². The van der Waals surface area contributed by atoms with Crippen LogP contribution in [0.2, 0.25) is 0 Å². The first-order chi connectivity index (χ1) is 13.6. The quantitative estimate of drug-likeness (QED) is 0.156. The molecule has 0 aliphatic rings. The number of aliphatic hydroxyl groups is 2. The van der Waals surface area contributed by atoms with Gasteiger partial charge in [0.05, 0.1) is 19.3 Å². The standard InChI is InChI=1S/C17H32N4O7S/c1-4-9(2)13(16(26)20-12(8-23)17(27)28)21-15(25)11(7-22)19-14(24)10(18)5-6-29-3/h9-13,22-23H,4-8,18H2,1-3H3,(H,19,24)(H,20,26)(H,21,25)(H,27,28). The highest BCUT2D eigenvalue weighted by Crippen LogP contribution is 2.09. The van der Waals surface area contributed by atoms with Crippen LogP contribution in [0.1, 0.15) is 26.7 Å². The molecule has 3 amide bonds. The summed E-state index contributed by atoms with van der Waals surface area (Å²) < 4.78 is 0. The van der Waals surface area contributed by atoms with Gasteiger partial charge in [0.2, 0.25) is 17.7 Å². The third kappa shape index (κ3) is 9.43. The Labute approximate surface area is 174 Å². The van der Waals surface area contributed by atoms with Crippen LogP contribution in [-0.2, 0) is 19.2 Å². The molecule has 0 heterocycles. The zero-order valence-electron chi connectivity index (χ0n) is 16.9. The van der Waals surface area contributed by atoms with Crippen molar-refractivity contribution in [3.05, 3.63) is 0 Å². The normalized spacial score (nSPS) is 16.1. The third-order valence-electron chi connectivity index (χ3n) is 4.38. The van der Waals surface area contributed by atoms with Gasteiger partial charge in [0.1, 0.15) is 18.1 Å². The molecule has 0 fully saturated rings. The van der Waals surface area contributed by atoms with Gasteiger partial charge >= 0.3 is 5.97 Å². The van der Waals surface area contributed by atoms with Crippen LogP contribution >= 0.6 is 11.8 Å². The van der Waals surface area contributed by atoms with Crippen molar-refractivity contribution in [2.75, 3.05) is 25.2 Å². The Bertz CT molecular complexity index is 564. The lowest BCUT2D eigenvalue weighted by molar-refractivity contribution is -0.143. The van der Waals surface area contributed by atoms with E-state index in [-0.39, 0.29) is 5.92 Å². The van der Waals surface area contributed by atoms with Crippen molar-refractivity contribution in [1.29, 1.82) is 0 Å². The van der Waals surface area contributed by atoms with Gasteiger partial charge in [-0.05, 0) is 24.3 Å². The molecule has 0 rings (SSSR count). The zero-order chi connectivity index (χ0) is 22.6. The van der Waals surface area contributed by atoms with Gasteiger partial charge in [-0.25, -0.2) is 4.79 Å². The molecule has 0 saturated heterocycles. The molecule has 0 radical (unpaired) electrons. The average molecular weight is 437 g/mol. The Morgan fingerprint density at radius 3 is 1.97 bits per heavy atom. The summed E-state index contributed by atoms with van der Waals surface area (Å²) in [6.07, 6.45) is 2.73. The number of thioether (sulfide) groups is 1. The number of aliphatic carboxylic acids is 1. The molecular formula is C17H32N4O7S. The van der Waals surface area contributed by atoms with E-state index in [1.807, 2.05) is 6.26 Å². The van der Waals surface area contributed by atoms with Gasteiger partial charge in [-0.1, -0.05) is 20.3 Å². The van der Waals surface area contributed by atoms with Gasteiger partial charge in [-0.3, -0.25) is 14.4 Å². The van der Waals surface area contributed by atoms with E-state index in [1.165, 1.54) is 11.8 Å². The van der Waals surface area contributed by atoms with E-state index in [0.717, 1.165) is 0 Å². The van der Waals surface area contributed by atoms with Crippen molar-refractivity contribution in [1.82, 2.24) is 16.0 Å². The van der Waals surface area contributed by atoms with Crippen LogP contribution in [0.25, 0.3) is 0 Å². The van der Waals surface area contributed by atoms with E-state index in [0.29, 0.717) is 18.6 Å². The maximum Gasteiger partial charge on any atom is 0.328 e. The molecule has 0 saturated carbocycles. The highest BCUT2D eigenvalue weighted by Gasteiger charge is 2.32. The second-order valence-electron chi connectivity index (χ2n) is 6.59. The van der Waals surface area contributed by atoms with E-state index in [4.69, 9.17) is 15.9 Å². The van der Waals surface area contributed by atoms with Gasteiger partial charge < -0.3 is 37.0 Å². The maximum absolute atomic E-state index is 12.5. The minimum atomic E-state index is -1.52. The lowest BCUT2D eigenvalue weighted by atomic mass is 9.97. The van der Waals surface area contributed by atoms with E-state index < -0.39 is 61.1 Å². The summed E-state index contributed by atoms with van der Waals surface area (Å²) in [6, 6.07) is -4.82. The first kappa shape index (κ1) is 27.1. The van der Waals surface area contributed by atoms with Crippen LogP contribution < -0.4 is 21.7 Å². The molecule has 12 heteroatoms. The summed E-state index contributed by atoms with van der Waals surface area (Å²) in [5.74, 6) is -3.37. The second kappa shape index (κ2) is 14.1. The van der Waals surface area contributed by atoms with Gasteiger partial charge in [-0.2, -0.15) is 11.8 Å². The van der Waals surface area contributed by atoms with Gasteiger partial charge in [0.25, 0.3) is 0 Å². The van der Waals surface area contributed by atoms with E-state index >= 15 is 0 Å². The number of amides is 3. The molecule has 29 heavy (non-hydrogen) atoms. The van der Waals surface area contributed by atoms with Crippen molar-refractivity contribution in [2.45, 2.75) is 50.9 Å². The maximum atomic E-state index is 12.5. The first-order valence-electron chi connectivity index (χ1n) is 9.22. The predicted molar refractivity (Wildman–Crippen MR) is 108 cm³/mol. The van der Waals surface area contributed by atoms with Crippen molar-refractivity contribution in [3.8, 4) is 0 Å². The number of hydrogen-bond acceptors (Lipinski definition) is 8. The van der Waals surface area contributed by atoms with Crippen molar-refractivity contribution >= 4 is 35.5 Å². The topological polar surface area (TPSA) is 191 Å². The van der Waals surface area contributed by atoms with E-state index in [2.05, 4.69) is 16.0 Å². The summed E-state index contributed by atoms with van der Waals surface area (Å²) in [7, 11) is 0. The fourth-order valence-electron chi connectivity index (χ4n) is 2.25. The molecule has 5 atom stereocenters. The molecule has 0 aliphatic carbocycles. The van der Waals surface area contributed by atoms with Crippen LogP contribution in [0.5, 0.6) is 0 Å². The first-order valence-corrected chi connectivity index (χ1v) is 10.6. The Balaban J connectivity index is 5.16. The van der Waals surface area contributed by atoms with Crippen LogP contribution in [0, 0.1) is 5.92 Å². The predicted octanol–water partition coefficient (Wildman–Crippen LogP) is -2.36. The molecule has 0 aromatic heterocycles. The Hall–Kier alpha value is -1.89. The summed E-state index contributed by atoms with van der Waals surface area (Å²) in [5, 5.41) is 34.4. The van der Waals surface area contributed by atoms with Crippen LogP contribution in [0.15, 0.2) is 0 Å². The molecule has 0 bridgehead atoms. The van der Waals surface area contributed by atoms with Crippen molar-refractivity contribution in [3.63, 3.8) is 0 Å². The number of carbonyl (C=O) groups is 4. The minimum absolute atomic E-state index is 0.383. The molecule has 168 valence electrons. The highest BCUT2D eigenvalue weighted by molar-refractivity contribution is 7.98. The van der Waals surface area contributed by atoms with Gasteiger partial charge in [-0.15, -0.1) is 0 Å². The molecule has 0 aromatic rings. The largest absolute Gasteiger partial charge is 0.480 e. The Morgan fingerprint density at radius 1 is 0.966 bits per heavy atom. The number of rotatable bonds is 14. The molecule has 8 N–H and O–H groups in total. The zero-order valence-corrected chi connectivity index (χ0v) is 17.7. The Kier molecular flexibility index (Phi) is 13.2. The summed E-state index contributed by atoms with van der Waals surface area (Å²) in [6.45, 7) is 1.92. The molecule has 0 aliphatic heterocycles. The Morgan fingerprint density at radius 2 is 1.52 bits per heavy atom. The summed E-state index contributed by atoms with van der Waals surface area (Å²) in [4.78, 5) is 48.0. The molecule has 5 unspecified atom stereocenters. The van der Waals surface area contributed by atoms with Crippen molar-refractivity contribution < 1.29 is 34.5 Å². The molecule has 11 nitrogen and oxygen atoms in total. The van der Waals surface area contributed by atoms with E-state index in [1.54, 1.807) is 13.8 Å². The highest BCUT2D eigenvalue weighted by atomic mass is 32.2. The average Bonchev–Trinajstić information content (AvgIpc) is 2.70. The third-order valence-corrected chi connectivity index (χ3v) is 5.02. The fourth-order valence-corrected chi connectivity index (χ4v) is 2.74. The minimum Gasteiger partial charge on any atom is -0.480 e. The number of carboxylic acids is 1. The van der Waals surface area contributed by atoms with Crippen LogP contribution in [0.4, 0.5) is 0 Å². The number of carbonyl (C=O) groups excluding carboxylic acids is 3. The molecule has 0 spiro atoms. The number of hydrogen-bond donors (Lipinski definition) is 7. The molecular weight excluding hydrogens is 404 g/mol. The van der Waals surface area contributed by atoms with Crippen LogP contribution in [-0.4, -0.2) is 88.4 Å². The number of nitrogens with one attached hydrogen (secondary N) is 3. The number of nitrogens with two attached hydrogens (primary N) is 1. The van der Waals surface area contributed by atoms with Gasteiger partial charge in [0.15, 0.2) is 0 Å². The smallest absolute Gasteiger partial charge is 0.328 e. The summed E-state index contributed by atoms with van der Waals surface area (Å²) >= 11 is 1.51. The lowest BCUT2D eigenvalue weighted by Crippen LogP contribution is -2.59. The molecule has 0 aromatic carbocycles. The van der Waals surface area contributed by atoms with E-state index in [9.17, 15) is 24.3 Å². The fraction of sp³-hybridized carbons (Fsp3) is 0.765. The number of carboxylic acid groups (broad SMARTS) is 1. The lowest BCUT2D eigenvalue weighted by Gasteiger charge is -2.27. The van der Waals surface area contributed by atoms with Gasteiger partial charge in [0, 0.05) is 0 Å². The monoisotopic (exact) mass is 436 g/mol. The number of aliphatic hydroxyl groups excluding tert-OH is 2.